The highest BCUT2D eigenvalue weighted by Gasteiger charge is 2.13. The topological polar surface area (TPSA) is 56.3 Å². The molecular formula is C12H8BrCl2NO3S. The van der Waals surface area contributed by atoms with Crippen LogP contribution in [0.15, 0.2) is 46.0 Å². The van der Waals surface area contributed by atoms with Gasteiger partial charge < -0.3 is 4.74 Å². The van der Waals surface area contributed by atoms with Crippen LogP contribution in [0.1, 0.15) is 5.56 Å². The van der Waals surface area contributed by atoms with Crippen molar-refractivity contribution >= 4 is 47.3 Å². The Balaban J connectivity index is 2.17. The van der Waals surface area contributed by atoms with Gasteiger partial charge >= 0.3 is 0 Å². The van der Waals surface area contributed by atoms with Crippen molar-refractivity contribution in [3.8, 4) is 5.75 Å². The molecule has 0 aliphatic heterocycles. The molecule has 2 rings (SSSR count). The summed E-state index contributed by atoms with van der Waals surface area (Å²) in [6, 6.07) is 6.02. The van der Waals surface area contributed by atoms with Gasteiger partial charge in [-0.25, -0.2) is 8.42 Å². The lowest BCUT2D eigenvalue weighted by Crippen LogP contribution is -1.98. The summed E-state index contributed by atoms with van der Waals surface area (Å²) in [6.07, 6.45) is 3.14. The van der Waals surface area contributed by atoms with Crippen LogP contribution in [0.3, 0.4) is 0 Å². The maximum Gasteiger partial charge on any atom is 0.261 e. The fourth-order valence-corrected chi connectivity index (χ4v) is 3.02. The molecule has 106 valence electrons. The van der Waals surface area contributed by atoms with Crippen LogP contribution in [0.4, 0.5) is 0 Å². The van der Waals surface area contributed by atoms with E-state index in [-0.39, 0.29) is 11.5 Å². The average Bonchev–Trinajstić information content (AvgIpc) is 2.38. The highest BCUT2D eigenvalue weighted by atomic mass is 79.9. The van der Waals surface area contributed by atoms with Gasteiger partial charge in [-0.3, -0.25) is 4.98 Å². The van der Waals surface area contributed by atoms with Crippen molar-refractivity contribution in [2.45, 2.75) is 11.5 Å². The first-order valence-corrected chi connectivity index (χ1v) is 8.81. The minimum absolute atomic E-state index is 0.000310. The lowest BCUT2D eigenvalue weighted by Gasteiger charge is -2.09. The van der Waals surface area contributed by atoms with Gasteiger partial charge in [0.15, 0.2) is 0 Å². The molecule has 0 fully saturated rings. The summed E-state index contributed by atoms with van der Waals surface area (Å²) in [5.41, 5.74) is 0.780. The van der Waals surface area contributed by atoms with Gasteiger partial charge in [0.2, 0.25) is 0 Å². The number of aromatic nitrogens is 1. The van der Waals surface area contributed by atoms with Gasteiger partial charge in [0, 0.05) is 28.6 Å². The van der Waals surface area contributed by atoms with Crippen LogP contribution in [-0.2, 0) is 15.7 Å². The first-order chi connectivity index (χ1) is 9.38. The maximum absolute atomic E-state index is 11.2. The molecule has 0 aliphatic carbocycles. The number of hydrogen-bond donors (Lipinski definition) is 0. The van der Waals surface area contributed by atoms with Crippen LogP contribution in [-0.4, -0.2) is 13.4 Å². The summed E-state index contributed by atoms with van der Waals surface area (Å²) in [6.45, 7) is 0.243. The molecule has 0 radical (unpaired) electrons. The first-order valence-electron chi connectivity index (χ1n) is 5.33. The Hall–Kier alpha value is -0.820. The fraction of sp³-hybridized carbons (Fsp3) is 0.0833. The van der Waals surface area contributed by atoms with E-state index in [0.717, 1.165) is 5.56 Å². The average molecular weight is 397 g/mol. The third-order valence-corrected chi connectivity index (χ3v) is 4.74. The number of halogens is 3. The third kappa shape index (κ3) is 3.85. The Bertz CT molecular complexity index is 737. The van der Waals surface area contributed by atoms with Crippen molar-refractivity contribution in [3.63, 3.8) is 0 Å². The van der Waals surface area contributed by atoms with E-state index in [1.807, 2.05) is 0 Å². The molecule has 0 spiro atoms. The molecular weight excluding hydrogens is 389 g/mol. The molecule has 0 unspecified atom stereocenters. The van der Waals surface area contributed by atoms with E-state index in [9.17, 15) is 8.42 Å². The number of nitrogens with zero attached hydrogens (tertiary/aromatic N) is 1. The zero-order valence-corrected chi connectivity index (χ0v) is 13.8. The summed E-state index contributed by atoms with van der Waals surface area (Å²) in [7, 11) is 1.50. The molecule has 8 heteroatoms. The molecule has 0 aliphatic rings. The second-order valence-corrected chi connectivity index (χ2v) is 7.61. The minimum Gasteiger partial charge on any atom is -0.488 e. The number of benzene rings is 1. The molecule has 0 atom stereocenters. The largest absolute Gasteiger partial charge is 0.488 e. The Morgan fingerprint density at radius 3 is 2.65 bits per heavy atom. The van der Waals surface area contributed by atoms with Crippen LogP contribution < -0.4 is 4.74 Å². The van der Waals surface area contributed by atoms with Gasteiger partial charge in [0.25, 0.3) is 9.05 Å². The molecule has 0 saturated carbocycles. The Labute approximate surface area is 134 Å². The molecule has 1 aromatic heterocycles. The second-order valence-electron chi connectivity index (χ2n) is 3.79. The SMILES string of the molecule is O=S(=O)(Cl)c1ccc(OCc2ccncc2Cl)c(Br)c1. The Kier molecular flexibility index (Phi) is 4.90. The van der Waals surface area contributed by atoms with E-state index in [1.54, 1.807) is 12.3 Å². The van der Waals surface area contributed by atoms with Gasteiger partial charge in [-0.1, -0.05) is 11.6 Å². The standard InChI is InChI=1S/C12H8BrCl2NO3S/c13-10-5-9(20(15,17)18)1-2-12(10)19-7-8-3-4-16-6-11(8)14/h1-6H,7H2. The van der Waals surface area contributed by atoms with Crippen molar-refractivity contribution in [2.24, 2.45) is 0 Å². The lowest BCUT2D eigenvalue weighted by molar-refractivity contribution is 0.304. The monoisotopic (exact) mass is 395 g/mol. The molecule has 0 amide bonds. The van der Waals surface area contributed by atoms with Crippen molar-refractivity contribution in [1.82, 2.24) is 4.98 Å². The number of ether oxygens (including phenoxy) is 1. The summed E-state index contributed by atoms with van der Waals surface area (Å²) in [5, 5.41) is 0.503. The van der Waals surface area contributed by atoms with E-state index in [2.05, 4.69) is 20.9 Å². The van der Waals surface area contributed by atoms with Gasteiger partial charge in [0.05, 0.1) is 14.4 Å². The molecule has 1 aromatic carbocycles. The number of hydrogen-bond acceptors (Lipinski definition) is 4. The third-order valence-electron chi connectivity index (χ3n) is 2.42. The quantitative estimate of drug-likeness (QED) is 0.732. The van der Waals surface area contributed by atoms with E-state index in [1.165, 1.54) is 24.4 Å². The van der Waals surface area contributed by atoms with Gasteiger partial charge in [-0.15, -0.1) is 0 Å². The number of pyridine rings is 1. The maximum atomic E-state index is 11.2. The van der Waals surface area contributed by atoms with Gasteiger partial charge in [-0.2, -0.15) is 0 Å². The smallest absolute Gasteiger partial charge is 0.261 e. The van der Waals surface area contributed by atoms with Crippen LogP contribution >= 0.6 is 38.2 Å². The summed E-state index contributed by atoms with van der Waals surface area (Å²) in [4.78, 5) is 3.88. The van der Waals surface area contributed by atoms with Crippen LogP contribution in [0.5, 0.6) is 5.75 Å². The van der Waals surface area contributed by atoms with Crippen LogP contribution in [0.25, 0.3) is 0 Å². The van der Waals surface area contributed by atoms with E-state index >= 15 is 0 Å². The summed E-state index contributed by atoms with van der Waals surface area (Å²) < 4.78 is 28.5. The molecule has 0 saturated heterocycles. The van der Waals surface area contributed by atoms with Crippen molar-refractivity contribution < 1.29 is 13.2 Å². The molecule has 0 N–H and O–H groups in total. The second kappa shape index (κ2) is 6.30. The predicted octanol–water partition coefficient (Wildman–Crippen LogP) is 4.00. The number of rotatable bonds is 4. The highest BCUT2D eigenvalue weighted by Crippen LogP contribution is 2.30. The minimum atomic E-state index is -3.76. The lowest BCUT2D eigenvalue weighted by atomic mass is 10.3. The predicted molar refractivity (Wildman–Crippen MR) is 80.8 cm³/mol. The normalized spacial score (nSPS) is 11.3. The van der Waals surface area contributed by atoms with Gasteiger partial charge in [-0.05, 0) is 40.2 Å². The molecule has 2 aromatic rings. The van der Waals surface area contributed by atoms with E-state index < -0.39 is 9.05 Å². The van der Waals surface area contributed by atoms with Gasteiger partial charge in [0.1, 0.15) is 12.4 Å². The summed E-state index contributed by atoms with van der Waals surface area (Å²) in [5.74, 6) is 0.488. The zero-order chi connectivity index (χ0) is 14.8. The highest BCUT2D eigenvalue weighted by molar-refractivity contribution is 9.10. The Morgan fingerprint density at radius 1 is 1.30 bits per heavy atom. The first kappa shape index (κ1) is 15.6. The molecule has 0 bridgehead atoms. The van der Waals surface area contributed by atoms with Crippen molar-refractivity contribution in [3.05, 3.63) is 51.7 Å². The molecule has 1 heterocycles. The molecule has 20 heavy (non-hydrogen) atoms. The van der Waals surface area contributed by atoms with Crippen LogP contribution in [0, 0.1) is 0 Å². The Morgan fingerprint density at radius 2 is 2.05 bits per heavy atom. The van der Waals surface area contributed by atoms with Crippen molar-refractivity contribution in [1.29, 1.82) is 0 Å². The fourth-order valence-electron chi connectivity index (χ4n) is 1.43. The van der Waals surface area contributed by atoms with Crippen LogP contribution in [0.2, 0.25) is 5.02 Å². The molecule has 4 nitrogen and oxygen atoms in total. The van der Waals surface area contributed by atoms with E-state index in [4.69, 9.17) is 27.0 Å². The van der Waals surface area contributed by atoms with E-state index in [0.29, 0.717) is 15.2 Å². The zero-order valence-electron chi connectivity index (χ0n) is 9.89. The summed E-state index contributed by atoms with van der Waals surface area (Å²) >= 11 is 9.20. The van der Waals surface area contributed by atoms with Crippen molar-refractivity contribution in [2.75, 3.05) is 0 Å².